The predicted molar refractivity (Wildman–Crippen MR) is 79.1 cm³/mol. The second-order valence-corrected chi connectivity index (χ2v) is 4.79. The molecule has 98 valence electrons. The lowest BCUT2D eigenvalue weighted by molar-refractivity contribution is -0.115. The van der Waals surface area contributed by atoms with Crippen LogP contribution in [0.1, 0.15) is 16.7 Å². The summed E-state index contributed by atoms with van der Waals surface area (Å²) in [6.07, 6.45) is 0.380. The minimum Gasteiger partial charge on any atom is -0.399 e. The first-order chi connectivity index (χ1) is 9.04. The number of hydrogen-bond acceptors (Lipinski definition) is 2. The summed E-state index contributed by atoms with van der Waals surface area (Å²) in [5, 5.41) is 2.88. The quantitative estimate of drug-likeness (QED) is 0.827. The van der Waals surface area contributed by atoms with Gasteiger partial charge in [-0.05, 0) is 43.2 Å². The molecule has 2 rings (SSSR count). The summed E-state index contributed by atoms with van der Waals surface area (Å²) in [5.74, 6) is -0.0187. The maximum Gasteiger partial charge on any atom is 0.228 e. The van der Waals surface area contributed by atoms with E-state index < -0.39 is 0 Å². The molecule has 0 bridgehead atoms. The fraction of sp³-hybridized carbons (Fsp3) is 0.188. The van der Waals surface area contributed by atoms with Crippen molar-refractivity contribution in [3.8, 4) is 0 Å². The van der Waals surface area contributed by atoms with Crippen LogP contribution in [0.2, 0.25) is 0 Å². The average molecular weight is 254 g/mol. The first-order valence-corrected chi connectivity index (χ1v) is 6.26. The summed E-state index contributed by atoms with van der Waals surface area (Å²) in [7, 11) is 0. The smallest absolute Gasteiger partial charge is 0.228 e. The molecule has 0 saturated heterocycles. The fourth-order valence-electron chi connectivity index (χ4n) is 1.97. The van der Waals surface area contributed by atoms with Gasteiger partial charge in [-0.1, -0.05) is 29.8 Å². The topological polar surface area (TPSA) is 55.1 Å². The monoisotopic (exact) mass is 254 g/mol. The summed E-state index contributed by atoms with van der Waals surface area (Å²) in [5.41, 5.74) is 10.4. The molecule has 3 N–H and O–H groups in total. The number of aryl methyl sites for hydroxylation is 2. The molecular weight excluding hydrogens is 236 g/mol. The van der Waals surface area contributed by atoms with Crippen molar-refractivity contribution < 1.29 is 4.79 Å². The fourth-order valence-corrected chi connectivity index (χ4v) is 1.97. The van der Waals surface area contributed by atoms with E-state index in [-0.39, 0.29) is 5.91 Å². The lowest BCUT2D eigenvalue weighted by Crippen LogP contribution is -2.14. The highest BCUT2D eigenvalue weighted by atomic mass is 16.1. The molecule has 2 aromatic carbocycles. The van der Waals surface area contributed by atoms with Gasteiger partial charge in [0, 0.05) is 11.4 Å². The van der Waals surface area contributed by atoms with Crippen molar-refractivity contribution >= 4 is 17.3 Å². The first-order valence-electron chi connectivity index (χ1n) is 6.26. The summed E-state index contributed by atoms with van der Waals surface area (Å²) in [6, 6.07) is 13.5. The van der Waals surface area contributed by atoms with Crippen molar-refractivity contribution in [2.24, 2.45) is 0 Å². The van der Waals surface area contributed by atoms with Gasteiger partial charge in [0.05, 0.1) is 6.42 Å². The van der Waals surface area contributed by atoms with Crippen LogP contribution in [0, 0.1) is 13.8 Å². The van der Waals surface area contributed by atoms with E-state index in [0.717, 1.165) is 28.1 Å². The Bertz CT molecular complexity index is 605. The third-order valence-electron chi connectivity index (χ3n) is 3.00. The second-order valence-electron chi connectivity index (χ2n) is 4.79. The maximum atomic E-state index is 11.9. The normalized spacial score (nSPS) is 10.2. The van der Waals surface area contributed by atoms with Crippen LogP contribution >= 0.6 is 0 Å². The van der Waals surface area contributed by atoms with E-state index in [1.54, 1.807) is 6.07 Å². The molecule has 0 aromatic heterocycles. The first kappa shape index (κ1) is 13.1. The van der Waals surface area contributed by atoms with E-state index in [4.69, 9.17) is 5.73 Å². The minimum atomic E-state index is -0.0187. The Morgan fingerprint density at radius 1 is 1.16 bits per heavy atom. The van der Waals surface area contributed by atoms with Gasteiger partial charge in [-0.25, -0.2) is 0 Å². The van der Waals surface area contributed by atoms with Crippen molar-refractivity contribution in [1.82, 2.24) is 0 Å². The number of rotatable bonds is 3. The molecule has 19 heavy (non-hydrogen) atoms. The molecule has 1 amide bonds. The summed E-state index contributed by atoms with van der Waals surface area (Å²) >= 11 is 0. The number of anilines is 2. The van der Waals surface area contributed by atoms with E-state index in [2.05, 4.69) is 5.32 Å². The molecule has 0 spiro atoms. The molecule has 0 heterocycles. The van der Waals surface area contributed by atoms with Gasteiger partial charge in [-0.2, -0.15) is 0 Å². The molecule has 0 aliphatic carbocycles. The summed E-state index contributed by atoms with van der Waals surface area (Å²) < 4.78 is 0. The SMILES string of the molecule is Cc1cccc(CC(=O)Nc2ccc(N)c(C)c2)c1. The molecule has 0 saturated carbocycles. The number of nitrogens with one attached hydrogen (secondary N) is 1. The van der Waals surface area contributed by atoms with E-state index in [1.165, 1.54) is 0 Å². The van der Waals surface area contributed by atoms with E-state index in [9.17, 15) is 4.79 Å². The van der Waals surface area contributed by atoms with Crippen LogP contribution in [-0.2, 0) is 11.2 Å². The van der Waals surface area contributed by atoms with Gasteiger partial charge in [0.1, 0.15) is 0 Å². The molecule has 0 unspecified atom stereocenters. The summed E-state index contributed by atoms with van der Waals surface area (Å²) in [4.78, 5) is 11.9. The number of nitrogens with two attached hydrogens (primary N) is 1. The number of amides is 1. The molecule has 0 aliphatic heterocycles. The van der Waals surface area contributed by atoms with Crippen molar-refractivity contribution in [2.45, 2.75) is 20.3 Å². The molecular formula is C16H18N2O. The number of hydrogen-bond donors (Lipinski definition) is 2. The Hall–Kier alpha value is -2.29. The lowest BCUT2D eigenvalue weighted by atomic mass is 10.1. The average Bonchev–Trinajstić information content (AvgIpc) is 2.34. The van der Waals surface area contributed by atoms with Crippen molar-refractivity contribution in [1.29, 1.82) is 0 Å². The standard InChI is InChI=1S/C16H18N2O/c1-11-4-3-5-13(8-11)10-16(19)18-14-6-7-15(17)12(2)9-14/h3-9H,10,17H2,1-2H3,(H,18,19). The van der Waals surface area contributed by atoms with Crippen molar-refractivity contribution in [2.75, 3.05) is 11.1 Å². The van der Waals surface area contributed by atoms with E-state index in [1.807, 2.05) is 50.2 Å². The number of carbonyl (C=O) groups excluding carboxylic acids is 1. The van der Waals surface area contributed by atoms with Gasteiger partial charge < -0.3 is 11.1 Å². The van der Waals surface area contributed by atoms with Crippen LogP contribution in [-0.4, -0.2) is 5.91 Å². The van der Waals surface area contributed by atoms with E-state index in [0.29, 0.717) is 6.42 Å². The van der Waals surface area contributed by atoms with Gasteiger partial charge in [0.25, 0.3) is 0 Å². The predicted octanol–water partition coefficient (Wildman–Crippen LogP) is 3.07. The van der Waals surface area contributed by atoms with Gasteiger partial charge in [-0.15, -0.1) is 0 Å². The third kappa shape index (κ3) is 3.58. The number of carbonyl (C=O) groups is 1. The van der Waals surface area contributed by atoms with Gasteiger partial charge in [-0.3, -0.25) is 4.79 Å². The highest BCUT2D eigenvalue weighted by Crippen LogP contribution is 2.17. The Kier molecular flexibility index (Phi) is 3.85. The highest BCUT2D eigenvalue weighted by Gasteiger charge is 2.05. The van der Waals surface area contributed by atoms with Crippen molar-refractivity contribution in [3.05, 3.63) is 59.2 Å². The van der Waals surface area contributed by atoms with Crippen molar-refractivity contribution in [3.63, 3.8) is 0 Å². The molecule has 0 fully saturated rings. The van der Waals surface area contributed by atoms with Crippen LogP contribution in [0.15, 0.2) is 42.5 Å². The van der Waals surface area contributed by atoms with Crippen LogP contribution in [0.4, 0.5) is 11.4 Å². The molecule has 0 atom stereocenters. The molecule has 2 aromatic rings. The Labute approximate surface area is 113 Å². The Morgan fingerprint density at radius 3 is 2.63 bits per heavy atom. The highest BCUT2D eigenvalue weighted by molar-refractivity contribution is 5.92. The van der Waals surface area contributed by atoms with Gasteiger partial charge in [0.15, 0.2) is 0 Å². The van der Waals surface area contributed by atoms with Crippen LogP contribution in [0.25, 0.3) is 0 Å². The summed E-state index contributed by atoms with van der Waals surface area (Å²) in [6.45, 7) is 3.94. The molecule has 3 heteroatoms. The second kappa shape index (κ2) is 5.57. The number of benzene rings is 2. The van der Waals surface area contributed by atoms with Gasteiger partial charge in [0.2, 0.25) is 5.91 Å². The van der Waals surface area contributed by atoms with Gasteiger partial charge >= 0.3 is 0 Å². The molecule has 0 aliphatic rings. The minimum absolute atomic E-state index is 0.0187. The van der Waals surface area contributed by atoms with Crippen LogP contribution in [0.3, 0.4) is 0 Å². The Morgan fingerprint density at radius 2 is 1.95 bits per heavy atom. The maximum absolute atomic E-state index is 11.9. The molecule has 0 radical (unpaired) electrons. The Balaban J connectivity index is 2.03. The zero-order valence-corrected chi connectivity index (χ0v) is 11.2. The third-order valence-corrected chi connectivity index (χ3v) is 3.00. The van der Waals surface area contributed by atoms with Crippen LogP contribution in [0.5, 0.6) is 0 Å². The molecule has 3 nitrogen and oxygen atoms in total. The zero-order chi connectivity index (χ0) is 13.8. The zero-order valence-electron chi connectivity index (χ0n) is 11.2. The largest absolute Gasteiger partial charge is 0.399 e. The van der Waals surface area contributed by atoms with Crippen LogP contribution < -0.4 is 11.1 Å². The number of nitrogen functional groups attached to an aromatic ring is 1. The lowest BCUT2D eigenvalue weighted by Gasteiger charge is -2.08. The van der Waals surface area contributed by atoms with E-state index >= 15 is 0 Å².